The third kappa shape index (κ3) is 4.12. The number of alkyl halides is 3. The maximum Gasteiger partial charge on any atom is 0.417 e. The second-order valence-electron chi connectivity index (χ2n) is 6.95. The van der Waals surface area contributed by atoms with Gasteiger partial charge in [0.1, 0.15) is 5.69 Å². The number of halogens is 3. The first-order chi connectivity index (χ1) is 14.1. The molecule has 0 radical (unpaired) electrons. The molecular formula is C20H20F3N5O2. The van der Waals surface area contributed by atoms with Crippen molar-refractivity contribution in [1.82, 2.24) is 9.88 Å². The molecule has 1 aliphatic rings. The highest BCUT2D eigenvalue weighted by molar-refractivity contribution is 6.03. The number of hydrogen-bond donors (Lipinski definition) is 2. The fourth-order valence-electron chi connectivity index (χ4n) is 3.18. The summed E-state index contributed by atoms with van der Waals surface area (Å²) in [5, 5.41) is 2.61. The zero-order valence-corrected chi connectivity index (χ0v) is 16.3. The van der Waals surface area contributed by atoms with E-state index in [-0.39, 0.29) is 24.0 Å². The van der Waals surface area contributed by atoms with Gasteiger partial charge in [-0.25, -0.2) is 4.99 Å². The molecule has 1 aromatic carbocycles. The zero-order chi connectivity index (χ0) is 22.1. The van der Waals surface area contributed by atoms with Crippen molar-refractivity contribution in [2.75, 3.05) is 12.4 Å². The van der Waals surface area contributed by atoms with Gasteiger partial charge in [0.25, 0.3) is 5.91 Å². The maximum atomic E-state index is 12.7. The van der Waals surface area contributed by atoms with E-state index in [0.717, 1.165) is 12.1 Å². The Bertz CT molecular complexity index is 1000. The molecule has 3 rings (SSSR count). The van der Waals surface area contributed by atoms with Crippen LogP contribution >= 0.6 is 0 Å². The highest BCUT2D eigenvalue weighted by atomic mass is 19.4. The van der Waals surface area contributed by atoms with Crippen LogP contribution in [0.4, 0.5) is 18.9 Å². The number of carbonyl (C=O) groups is 2. The van der Waals surface area contributed by atoms with E-state index in [4.69, 9.17) is 5.73 Å². The molecule has 0 unspecified atom stereocenters. The van der Waals surface area contributed by atoms with Crippen LogP contribution < -0.4 is 11.1 Å². The molecule has 0 fully saturated rings. The molecule has 0 saturated carbocycles. The van der Waals surface area contributed by atoms with Crippen molar-refractivity contribution < 1.29 is 22.8 Å². The fourth-order valence-corrected chi connectivity index (χ4v) is 3.18. The number of hydrogen-bond acceptors (Lipinski definition) is 5. The molecule has 0 bridgehead atoms. The predicted octanol–water partition coefficient (Wildman–Crippen LogP) is 3.13. The summed E-state index contributed by atoms with van der Waals surface area (Å²) in [6.45, 7) is 1.88. The van der Waals surface area contributed by atoms with E-state index >= 15 is 0 Å². The summed E-state index contributed by atoms with van der Waals surface area (Å²) in [5.41, 5.74) is 5.02. The van der Waals surface area contributed by atoms with Crippen LogP contribution in [0.5, 0.6) is 0 Å². The lowest BCUT2D eigenvalue weighted by atomic mass is 9.83. The number of aliphatic imine (C=N–C) groups is 1. The summed E-state index contributed by atoms with van der Waals surface area (Å²) in [5.74, 6) is -0.724. The molecule has 2 heterocycles. The molecule has 3 N–H and O–H groups in total. The topological polar surface area (TPSA) is 101 Å². The van der Waals surface area contributed by atoms with Gasteiger partial charge in [-0.2, -0.15) is 13.2 Å². The minimum absolute atomic E-state index is 0.108. The lowest BCUT2D eigenvalue weighted by Crippen LogP contribution is -2.48. The van der Waals surface area contributed by atoms with Gasteiger partial charge in [0.15, 0.2) is 5.96 Å². The number of anilines is 1. The number of rotatable bonds is 4. The Hall–Kier alpha value is -3.43. The first kappa shape index (κ1) is 21.3. The summed E-state index contributed by atoms with van der Waals surface area (Å²) in [6.07, 6.45) is -3.29. The van der Waals surface area contributed by atoms with Crippen molar-refractivity contribution in [1.29, 1.82) is 0 Å². The van der Waals surface area contributed by atoms with Crippen LogP contribution in [0, 0.1) is 0 Å². The predicted molar refractivity (Wildman–Crippen MR) is 105 cm³/mol. The zero-order valence-electron chi connectivity index (χ0n) is 16.3. The Morgan fingerprint density at radius 3 is 2.60 bits per heavy atom. The Morgan fingerprint density at radius 1 is 1.30 bits per heavy atom. The molecule has 1 aromatic heterocycles. The summed E-state index contributed by atoms with van der Waals surface area (Å²) in [4.78, 5) is 34.1. The van der Waals surface area contributed by atoms with Gasteiger partial charge in [0, 0.05) is 18.9 Å². The van der Waals surface area contributed by atoms with Gasteiger partial charge in [0.2, 0.25) is 5.91 Å². The number of benzene rings is 1. The second-order valence-corrected chi connectivity index (χ2v) is 6.95. The van der Waals surface area contributed by atoms with Crippen LogP contribution in [0.15, 0.2) is 47.6 Å². The Kier molecular flexibility index (Phi) is 5.51. The van der Waals surface area contributed by atoms with Crippen molar-refractivity contribution >= 4 is 23.5 Å². The standard InChI is InChI=1S/C20H20F3N5O2/c1-3-19(10-16(29)28(2)18(24)27-19)12-5-4-6-14(9-12)26-17(30)15-8-7-13(11-25-15)20(21,22)23/h4-9,11H,3,10H2,1-2H3,(H2,24,27)(H,26,30)/t19-/m0/s1. The number of nitrogens with zero attached hydrogens (tertiary/aromatic N) is 3. The molecule has 0 saturated heterocycles. The molecule has 7 nitrogen and oxygen atoms in total. The van der Waals surface area contributed by atoms with Crippen LogP contribution in [0.1, 0.15) is 41.4 Å². The molecule has 1 aliphatic heterocycles. The smallest absolute Gasteiger partial charge is 0.369 e. The van der Waals surface area contributed by atoms with E-state index in [1.807, 2.05) is 6.92 Å². The SMILES string of the molecule is CC[C@@]1(c2cccc(NC(=O)c3ccc(C(F)(F)F)cn3)c2)CC(=O)N(C)C(N)=N1. The minimum atomic E-state index is -4.53. The van der Waals surface area contributed by atoms with E-state index in [1.165, 1.54) is 4.90 Å². The normalized spacial score (nSPS) is 19.4. The molecule has 1 atom stereocenters. The van der Waals surface area contributed by atoms with Crippen molar-refractivity contribution in [2.24, 2.45) is 10.7 Å². The third-order valence-corrected chi connectivity index (χ3v) is 5.06. The van der Waals surface area contributed by atoms with Gasteiger partial charge in [-0.05, 0) is 36.2 Å². The molecular weight excluding hydrogens is 399 g/mol. The first-order valence-corrected chi connectivity index (χ1v) is 9.13. The average Bonchev–Trinajstić information content (AvgIpc) is 2.71. The first-order valence-electron chi connectivity index (χ1n) is 9.13. The van der Waals surface area contributed by atoms with Crippen LogP contribution in [0.25, 0.3) is 0 Å². The van der Waals surface area contributed by atoms with Gasteiger partial charge < -0.3 is 11.1 Å². The summed E-state index contributed by atoms with van der Waals surface area (Å²) in [7, 11) is 1.55. The van der Waals surface area contributed by atoms with Gasteiger partial charge in [-0.15, -0.1) is 0 Å². The van der Waals surface area contributed by atoms with Gasteiger partial charge in [-0.1, -0.05) is 19.1 Å². The number of nitrogens with one attached hydrogen (secondary N) is 1. The molecule has 2 aromatic rings. The van der Waals surface area contributed by atoms with Crippen molar-refractivity contribution in [3.8, 4) is 0 Å². The average molecular weight is 419 g/mol. The molecule has 2 amide bonds. The van der Waals surface area contributed by atoms with Gasteiger partial charge >= 0.3 is 6.18 Å². The summed E-state index contributed by atoms with van der Waals surface area (Å²) < 4.78 is 38.0. The Morgan fingerprint density at radius 2 is 2.03 bits per heavy atom. The second kappa shape index (κ2) is 7.77. The Balaban J connectivity index is 1.85. The van der Waals surface area contributed by atoms with E-state index < -0.39 is 23.2 Å². The summed E-state index contributed by atoms with van der Waals surface area (Å²) in [6, 6.07) is 8.57. The number of carbonyl (C=O) groups excluding carboxylic acids is 2. The van der Waals surface area contributed by atoms with Crippen LogP contribution in [-0.4, -0.2) is 34.7 Å². The number of pyridine rings is 1. The maximum absolute atomic E-state index is 12.7. The van der Waals surface area contributed by atoms with E-state index in [2.05, 4.69) is 15.3 Å². The van der Waals surface area contributed by atoms with Crippen LogP contribution in [0.3, 0.4) is 0 Å². The largest absolute Gasteiger partial charge is 0.417 e. The lowest BCUT2D eigenvalue weighted by Gasteiger charge is -2.36. The number of amides is 2. The fraction of sp³-hybridized carbons (Fsp3) is 0.300. The minimum Gasteiger partial charge on any atom is -0.369 e. The number of aromatic nitrogens is 1. The van der Waals surface area contributed by atoms with Gasteiger partial charge in [-0.3, -0.25) is 19.5 Å². The van der Waals surface area contributed by atoms with Crippen molar-refractivity contribution in [3.63, 3.8) is 0 Å². The van der Waals surface area contributed by atoms with E-state index in [9.17, 15) is 22.8 Å². The molecule has 0 spiro atoms. The van der Waals surface area contributed by atoms with E-state index in [0.29, 0.717) is 23.9 Å². The molecule has 158 valence electrons. The number of guanidine groups is 1. The Labute approximate surface area is 170 Å². The van der Waals surface area contributed by atoms with Gasteiger partial charge in [0.05, 0.1) is 17.5 Å². The lowest BCUT2D eigenvalue weighted by molar-refractivity contribution is -0.137. The molecule has 10 heteroatoms. The third-order valence-electron chi connectivity index (χ3n) is 5.06. The van der Waals surface area contributed by atoms with Crippen molar-refractivity contribution in [3.05, 3.63) is 59.4 Å². The molecule has 30 heavy (non-hydrogen) atoms. The van der Waals surface area contributed by atoms with Crippen molar-refractivity contribution in [2.45, 2.75) is 31.5 Å². The number of nitrogens with two attached hydrogens (primary N) is 1. The monoisotopic (exact) mass is 419 g/mol. The van der Waals surface area contributed by atoms with E-state index in [1.54, 1.807) is 31.3 Å². The highest BCUT2D eigenvalue weighted by Crippen LogP contribution is 2.37. The summed E-state index contributed by atoms with van der Waals surface area (Å²) >= 11 is 0. The molecule has 0 aliphatic carbocycles. The van der Waals surface area contributed by atoms with Crippen LogP contribution in [0.2, 0.25) is 0 Å². The van der Waals surface area contributed by atoms with Crippen LogP contribution in [-0.2, 0) is 16.5 Å². The quantitative estimate of drug-likeness (QED) is 0.795. The highest BCUT2D eigenvalue weighted by Gasteiger charge is 2.39.